The molecule has 0 aliphatic carbocycles. The van der Waals surface area contributed by atoms with E-state index in [2.05, 4.69) is 4.98 Å². The monoisotopic (exact) mass is 477 g/mol. The van der Waals surface area contributed by atoms with Crippen LogP contribution in [-0.4, -0.2) is 41.6 Å². The Kier molecular flexibility index (Phi) is 6.32. The lowest BCUT2D eigenvalue weighted by Gasteiger charge is -2.29. The van der Waals surface area contributed by atoms with E-state index in [1.54, 1.807) is 0 Å². The molecule has 0 unspecified atom stereocenters. The summed E-state index contributed by atoms with van der Waals surface area (Å²) in [4.78, 5) is 30.7. The fourth-order valence-corrected chi connectivity index (χ4v) is 3.74. The Morgan fingerprint density at radius 3 is 2.50 bits per heavy atom. The number of carbonyl (C=O) groups excluding carboxylic acids is 1. The van der Waals surface area contributed by atoms with Gasteiger partial charge in [-0.05, 0) is 37.6 Å². The highest BCUT2D eigenvalue weighted by Crippen LogP contribution is 2.36. The largest absolute Gasteiger partial charge is 0.481 e. The average molecular weight is 478 g/mol. The lowest BCUT2D eigenvalue weighted by molar-refractivity contribution is -0.141. The highest BCUT2D eigenvalue weighted by atomic mass is 35.5. The zero-order chi connectivity index (χ0) is 24.0. The van der Waals surface area contributed by atoms with Gasteiger partial charge >= 0.3 is 12.1 Å². The van der Waals surface area contributed by atoms with E-state index in [-0.39, 0.29) is 30.2 Å². The first-order valence-corrected chi connectivity index (χ1v) is 9.65. The minimum atomic E-state index is -4.68. The van der Waals surface area contributed by atoms with Crippen LogP contribution in [0, 0.1) is 24.5 Å². The Hall–Kier alpha value is -2.95. The van der Waals surface area contributed by atoms with Crippen molar-refractivity contribution < 1.29 is 36.6 Å². The van der Waals surface area contributed by atoms with Crippen LogP contribution in [0.2, 0.25) is 5.02 Å². The molecule has 1 amide bonds. The summed E-state index contributed by atoms with van der Waals surface area (Å²) < 4.78 is 67.7. The number of amides is 1. The maximum absolute atomic E-state index is 14.4. The number of aryl methyl sites for hydroxylation is 1. The van der Waals surface area contributed by atoms with Gasteiger partial charge in [0.25, 0.3) is 0 Å². The van der Waals surface area contributed by atoms with Gasteiger partial charge in [-0.25, -0.2) is 13.8 Å². The molecule has 1 N–H and O–H groups in total. The molecule has 2 aromatic rings. The summed E-state index contributed by atoms with van der Waals surface area (Å²) in [5, 5.41) is 8.58. The molecule has 0 radical (unpaired) electrons. The minimum absolute atomic E-state index is 0.0181. The molecule has 172 valence electrons. The molecule has 0 saturated carbocycles. The fourth-order valence-electron chi connectivity index (χ4n) is 3.58. The van der Waals surface area contributed by atoms with Crippen molar-refractivity contribution in [3.8, 4) is 0 Å². The van der Waals surface area contributed by atoms with Crippen molar-refractivity contribution in [1.29, 1.82) is 0 Å². The maximum atomic E-state index is 14.4. The first-order valence-electron chi connectivity index (χ1n) is 9.27. The molecular weight excluding hydrogens is 461 g/mol. The van der Waals surface area contributed by atoms with Crippen LogP contribution in [0.3, 0.4) is 0 Å². The number of likely N-dealkylation sites (N-methyl/N-ethyl adjacent to an activating group) is 1. The molecular formula is C20H17ClF5N3O3. The number of alkyl halides is 3. The highest BCUT2D eigenvalue weighted by Gasteiger charge is 2.43. The number of anilines is 2. The van der Waals surface area contributed by atoms with Crippen molar-refractivity contribution in [2.24, 2.45) is 5.92 Å². The molecule has 32 heavy (non-hydrogen) atoms. The Balaban J connectivity index is 2.02. The van der Waals surface area contributed by atoms with Crippen LogP contribution in [-0.2, 0) is 15.8 Å². The molecule has 6 nitrogen and oxygen atoms in total. The van der Waals surface area contributed by atoms with Crippen molar-refractivity contribution in [1.82, 2.24) is 4.98 Å². The SMILES string of the molecule is Cc1cc(C(F)(F)F)cc(N2C[C@@H](C(=O)O)C[C@H]2C(=O)N(C)c2ccc(F)c(Cl)c2F)n1. The van der Waals surface area contributed by atoms with Gasteiger partial charge in [0.2, 0.25) is 5.91 Å². The van der Waals surface area contributed by atoms with Gasteiger partial charge in [0.15, 0.2) is 5.82 Å². The number of benzene rings is 1. The Morgan fingerprint density at radius 1 is 1.25 bits per heavy atom. The second-order valence-corrected chi connectivity index (χ2v) is 7.76. The van der Waals surface area contributed by atoms with Gasteiger partial charge in [-0.2, -0.15) is 13.2 Å². The normalized spacial score (nSPS) is 18.7. The molecule has 1 saturated heterocycles. The van der Waals surface area contributed by atoms with Crippen LogP contribution in [0.15, 0.2) is 24.3 Å². The number of carboxylic acid groups (broad SMARTS) is 1. The number of hydrogen-bond acceptors (Lipinski definition) is 4. The zero-order valence-electron chi connectivity index (χ0n) is 16.8. The van der Waals surface area contributed by atoms with Gasteiger partial charge in [0.05, 0.1) is 17.2 Å². The number of aliphatic carboxylic acids is 1. The van der Waals surface area contributed by atoms with Crippen molar-refractivity contribution in [2.45, 2.75) is 25.6 Å². The molecule has 3 rings (SSSR count). The van der Waals surface area contributed by atoms with Crippen molar-refractivity contribution in [2.75, 3.05) is 23.4 Å². The van der Waals surface area contributed by atoms with Crippen molar-refractivity contribution in [3.63, 3.8) is 0 Å². The number of pyridine rings is 1. The second-order valence-electron chi connectivity index (χ2n) is 7.38. The third-order valence-electron chi connectivity index (χ3n) is 5.20. The molecule has 12 heteroatoms. The van der Waals surface area contributed by atoms with Crippen molar-refractivity contribution >= 4 is 35.0 Å². The molecule has 2 atom stereocenters. The fraction of sp³-hybridized carbons (Fsp3) is 0.350. The predicted octanol–water partition coefficient (Wildman–Crippen LogP) is 4.28. The second kappa shape index (κ2) is 8.53. The third-order valence-corrected chi connectivity index (χ3v) is 5.55. The van der Waals surface area contributed by atoms with Gasteiger partial charge in [0.1, 0.15) is 22.7 Å². The van der Waals surface area contributed by atoms with Crippen LogP contribution in [0.1, 0.15) is 17.7 Å². The van der Waals surface area contributed by atoms with E-state index in [1.165, 1.54) is 14.0 Å². The minimum Gasteiger partial charge on any atom is -0.481 e. The van der Waals surface area contributed by atoms with Crippen LogP contribution < -0.4 is 9.80 Å². The van der Waals surface area contributed by atoms with Crippen molar-refractivity contribution in [3.05, 3.63) is 52.2 Å². The van der Waals surface area contributed by atoms with Gasteiger partial charge in [-0.1, -0.05) is 11.6 Å². The Bertz CT molecular complexity index is 1080. The predicted molar refractivity (Wildman–Crippen MR) is 106 cm³/mol. The molecule has 1 aromatic heterocycles. The van der Waals surface area contributed by atoms with Crippen LogP contribution in [0.5, 0.6) is 0 Å². The zero-order valence-corrected chi connectivity index (χ0v) is 17.5. The average Bonchev–Trinajstić information content (AvgIpc) is 3.16. The van der Waals surface area contributed by atoms with Gasteiger partial charge in [-0.15, -0.1) is 0 Å². The van der Waals surface area contributed by atoms with E-state index in [0.717, 1.165) is 34.1 Å². The Labute approximate surface area is 184 Å². The number of halogens is 6. The summed E-state index contributed by atoms with van der Waals surface area (Å²) >= 11 is 5.57. The number of aromatic nitrogens is 1. The molecule has 1 aliphatic rings. The first-order chi connectivity index (χ1) is 14.8. The molecule has 0 spiro atoms. The third kappa shape index (κ3) is 4.47. The molecule has 1 fully saturated rings. The van der Waals surface area contributed by atoms with Crippen LogP contribution in [0.25, 0.3) is 0 Å². The van der Waals surface area contributed by atoms with E-state index in [1.807, 2.05) is 0 Å². The van der Waals surface area contributed by atoms with E-state index in [4.69, 9.17) is 11.6 Å². The topological polar surface area (TPSA) is 73.7 Å². The summed E-state index contributed by atoms with van der Waals surface area (Å²) in [6, 6.07) is 2.14. The van der Waals surface area contributed by atoms with E-state index in [9.17, 15) is 36.6 Å². The lowest BCUT2D eigenvalue weighted by Crippen LogP contribution is -2.45. The standard InChI is InChI=1S/C20H17ClF5N3O3/c1-9-5-11(20(24,25)26)7-15(27-9)29-8-10(19(31)32)6-14(29)18(30)28(2)13-4-3-12(22)16(21)17(13)23/h3-5,7,10,14H,6,8H2,1-2H3,(H,31,32)/t10-,14-/m0/s1. The first kappa shape index (κ1) is 23.7. The van der Waals surface area contributed by atoms with Gasteiger partial charge in [-0.3, -0.25) is 9.59 Å². The summed E-state index contributed by atoms with van der Waals surface area (Å²) in [5.41, 5.74) is -1.35. The van der Waals surface area contributed by atoms with Crippen LogP contribution in [0.4, 0.5) is 33.5 Å². The summed E-state index contributed by atoms with van der Waals surface area (Å²) in [6.07, 6.45) is -4.93. The smallest absolute Gasteiger partial charge is 0.416 e. The lowest BCUT2D eigenvalue weighted by atomic mass is 10.1. The summed E-state index contributed by atoms with van der Waals surface area (Å²) in [6.45, 7) is 1.06. The molecule has 1 aliphatic heterocycles. The van der Waals surface area contributed by atoms with Gasteiger partial charge < -0.3 is 14.9 Å². The quantitative estimate of drug-likeness (QED) is 0.525. The summed E-state index contributed by atoms with van der Waals surface area (Å²) in [7, 11) is 1.17. The van der Waals surface area contributed by atoms with E-state index in [0.29, 0.717) is 0 Å². The number of rotatable bonds is 4. The molecule has 2 heterocycles. The van der Waals surface area contributed by atoms with Gasteiger partial charge in [0, 0.05) is 19.3 Å². The number of carboxylic acids is 1. The number of carbonyl (C=O) groups is 2. The maximum Gasteiger partial charge on any atom is 0.416 e. The Morgan fingerprint density at radius 2 is 1.91 bits per heavy atom. The highest BCUT2D eigenvalue weighted by molar-refractivity contribution is 6.31. The van der Waals surface area contributed by atoms with Crippen LogP contribution >= 0.6 is 11.6 Å². The number of hydrogen-bond donors (Lipinski definition) is 1. The molecule has 0 bridgehead atoms. The summed E-state index contributed by atoms with van der Waals surface area (Å²) in [5.74, 6) is -5.60. The number of nitrogens with zero attached hydrogens (tertiary/aromatic N) is 3. The van der Waals surface area contributed by atoms with E-state index >= 15 is 0 Å². The van der Waals surface area contributed by atoms with E-state index < -0.39 is 52.2 Å². The molecule has 1 aromatic carbocycles.